The van der Waals surface area contributed by atoms with E-state index in [1.165, 1.54) is 43.4 Å². The molecule has 306 valence electrons. The lowest BCUT2D eigenvalue weighted by Crippen LogP contribution is -2.00. The van der Waals surface area contributed by atoms with Crippen LogP contribution in [0.4, 0.5) is 0 Å². The van der Waals surface area contributed by atoms with E-state index in [1.807, 2.05) is 6.07 Å². The second kappa shape index (κ2) is 14.3. The van der Waals surface area contributed by atoms with E-state index in [9.17, 15) is 0 Å². The first-order valence-corrected chi connectivity index (χ1v) is 22.3. The normalized spacial score (nSPS) is 11.9. The molecule has 11 aromatic carbocycles. The Morgan fingerprint density at radius 3 is 1.76 bits per heavy atom. The van der Waals surface area contributed by atoms with Crippen LogP contribution in [0.1, 0.15) is 0 Å². The third-order valence-electron chi connectivity index (χ3n) is 13.4. The Hall–Kier alpha value is -8.93. The molecular weight excluding hydrogens is 805 g/mol. The minimum atomic E-state index is 0.550. The van der Waals surface area contributed by atoms with Crippen molar-refractivity contribution >= 4 is 86.8 Å². The fourth-order valence-corrected chi connectivity index (χ4v) is 10.2. The van der Waals surface area contributed by atoms with Crippen molar-refractivity contribution in [1.82, 2.24) is 19.5 Å². The molecular formula is C61H36N4O. The summed E-state index contributed by atoms with van der Waals surface area (Å²) in [4.78, 5) is 15.6. The Labute approximate surface area is 378 Å². The highest BCUT2D eigenvalue weighted by Crippen LogP contribution is 2.43. The van der Waals surface area contributed by atoms with Gasteiger partial charge in [0, 0.05) is 43.7 Å². The zero-order valence-electron chi connectivity index (χ0n) is 35.5. The molecule has 0 aliphatic rings. The van der Waals surface area contributed by atoms with Gasteiger partial charge in [0.25, 0.3) is 0 Å². The number of nitrogens with zero attached hydrogens (tertiary/aromatic N) is 4. The molecule has 5 heteroatoms. The van der Waals surface area contributed by atoms with E-state index >= 15 is 0 Å². The second-order valence-electron chi connectivity index (χ2n) is 17.2. The molecule has 0 aliphatic heterocycles. The number of benzene rings is 11. The molecule has 0 radical (unpaired) electrons. The highest BCUT2D eigenvalue weighted by atomic mass is 16.3. The maximum absolute atomic E-state index is 6.93. The maximum Gasteiger partial charge on any atom is 0.167 e. The van der Waals surface area contributed by atoms with Gasteiger partial charge in [-0.2, -0.15) is 0 Å². The molecule has 14 aromatic rings. The van der Waals surface area contributed by atoms with E-state index in [0.29, 0.717) is 17.5 Å². The second-order valence-corrected chi connectivity index (χ2v) is 17.2. The van der Waals surface area contributed by atoms with Gasteiger partial charge in [-0.3, -0.25) is 0 Å². The van der Waals surface area contributed by atoms with Crippen LogP contribution >= 0.6 is 0 Å². The van der Waals surface area contributed by atoms with Crippen molar-refractivity contribution in [2.75, 3.05) is 0 Å². The third kappa shape index (κ3) is 5.70. The first-order chi connectivity index (χ1) is 32.7. The third-order valence-corrected chi connectivity index (χ3v) is 13.4. The van der Waals surface area contributed by atoms with Crippen LogP contribution in [0.2, 0.25) is 0 Å². The zero-order valence-corrected chi connectivity index (χ0v) is 35.5. The topological polar surface area (TPSA) is 56.7 Å². The van der Waals surface area contributed by atoms with Crippen molar-refractivity contribution in [2.45, 2.75) is 0 Å². The number of fused-ring (bicyclic) bond motifs is 12. The predicted molar refractivity (Wildman–Crippen MR) is 273 cm³/mol. The summed E-state index contributed by atoms with van der Waals surface area (Å²) >= 11 is 0. The number of para-hydroxylation sites is 1. The van der Waals surface area contributed by atoms with Crippen LogP contribution in [-0.2, 0) is 0 Å². The molecule has 0 bridgehead atoms. The summed E-state index contributed by atoms with van der Waals surface area (Å²) < 4.78 is 9.39. The average Bonchev–Trinajstić information content (AvgIpc) is 3.94. The van der Waals surface area contributed by atoms with Crippen LogP contribution in [-0.4, -0.2) is 19.5 Å². The highest BCUT2D eigenvalue weighted by Gasteiger charge is 2.21. The van der Waals surface area contributed by atoms with E-state index in [4.69, 9.17) is 19.4 Å². The van der Waals surface area contributed by atoms with Crippen LogP contribution < -0.4 is 0 Å². The quantitative estimate of drug-likeness (QED) is 0.173. The van der Waals surface area contributed by atoms with E-state index in [1.54, 1.807) is 0 Å². The minimum absolute atomic E-state index is 0.550. The molecule has 3 aromatic heterocycles. The molecule has 0 fully saturated rings. The molecule has 0 N–H and O–H groups in total. The molecule has 0 spiro atoms. The van der Waals surface area contributed by atoms with Gasteiger partial charge in [0.1, 0.15) is 11.2 Å². The van der Waals surface area contributed by atoms with Crippen LogP contribution in [0.3, 0.4) is 0 Å². The van der Waals surface area contributed by atoms with E-state index in [2.05, 4.69) is 217 Å². The molecule has 5 nitrogen and oxygen atoms in total. The van der Waals surface area contributed by atoms with Crippen LogP contribution in [0.15, 0.2) is 223 Å². The summed E-state index contributed by atoms with van der Waals surface area (Å²) in [5.41, 5.74) is 9.92. The first kappa shape index (κ1) is 36.5. The van der Waals surface area contributed by atoms with Crippen molar-refractivity contribution in [2.24, 2.45) is 0 Å². The molecule has 3 heterocycles. The molecule has 0 saturated heterocycles. The summed E-state index contributed by atoms with van der Waals surface area (Å²) in [5, 5.41) is 13.9. The van der Waals surface area contributed by atoms with Crippen molar-refractivity contribution in [3.63, 3.8) is 0 Å². The number of furan rings is 1. The lowest BCUT2D eigenvalue weighted by Gasteiger charge is -2.12. The molecule has 0 amide bonds. The van der Waals surface area contributed by atoms with Gasteiger partial charge in [-0.05, 0) is 91.3 Å². The SMILES string of the molecule is c1ccc(-c2ccc(-c3nc(-c4ccc5ccccc5c4)nc(-c4cccc5c4oc4ccc6ccc(-n7c8cc9ccccc9cc8c8ccc9ccccc9c87)cc6c45)n3)cc2)cc1. The van der Waals surface area contributed by atoms with Crippen molar-refractivity contribution in [1.29, 1.82) is 0 Å². The number of rotatable bonds is 5. The summed E-state index contributed by atoms with van der Waals surface area (Å²) in [6.07, 6.45) is 0. The van der Waals surface area contributed by atoms with Gasteiger partial charge >= 0.3 is 0 Å². The lowest BCUT2D eigenvalue weighted by atomic mass is 10.0. The summed E-state index contributed by atoms with van der Waals surface area (Å²) in [5.74, 6) is 1.74. The lowest BCUT2D eigenvalue weighted by molar-refractivity contribution is 0.670. The Morgan fingerprint density at radius 1 is 0.333 bits per heavy atom. The minimum Gasteiger partial charge on any atom is -0.455 e. The van der Waals surface area contributed by atoms with Gasteiger partial charge in [-0.15, -0.1) is 0 Å². The molecule has 0 atom stereocenters. The number of hydrogen-bond acceptors (Lipinski definition) is 4. The molecule has 0 saturated carbocycles. The fourth-order valence-electron chi connectivity index (χ4n) is 10.2. The zero-order chi connectivity index (χ0) is 43.3. The summed E-state index contributed by atoms with van der Waals surface area (Å²) in [6, 6.07) is 77.6. The molecule has 0 aliphatic carbocycles. The van der Waals surface area contributed by atoms with Crippen LogP contribution in [0.25, 0.3) is 138 Å². The average molecular weight is 841 g/mol. The summed E-state index contributed by atoms with van der Waals surface area (Å²) in [7, 11) is 0. The van der Waals surface area contributed by atoms with Gasteiger partial charge in [-0.1, -0.05) is 176 Å². The van der Waals surface area contributed by atoms with Gasteiger partial charge in [-0.25, -0.2) is 15.0 Å². The largest absolute Gasteiger partial charge is 0.455 e. The Kier molecular flexibility index (Phi) is 7.91. The van der Waals surface area contributed by atoms with Crippen molar-refractivity contribution in [3.05, 3.63) is 218 Å². The standard InChI is InChI=1S/C61H36N4O/c1-2-11-37(12-3-1)39-21-24-42(25-22-39)59-62-60(46-26-23-38-13-4-5-15-43(38)33-46)64-61(63-59)51-20-10-19-50-56-52-36-47(30-27-41(52)29-32-55(56)66-58(50)51)65-54-35-45-17-7-6-16-44(45)34-53(54)49-31-28-40-14-8-9-18-48(40)57(49)65/h1-36H. The van der Waals surface area contributed by atoms with Crippen LogP contribution in [0, 0.1) is 0 Å². The monoisotopic (exact) mass is 840 g/mol. The van der Waals surface area contributed by atoms with Crippen LogP contribution in [0.5, 0.6) is 0 Å². The first-order valence-electron chi connectivity index (χ1n) is 22.3. The predicted octanol–water partition coefficient (Wildman–Crippen LogP) is 16.1. The molecule has 14 rings (SSSR count). The highest BCUT2D eigenvalue weighted by molar-refractivity contribution is 6.23. The number of hydrogen-bond donors (Lipinski definition) is 0. The smallest absolute Gasteiger partial charge is 0.167 e. The fraction of sp³-hybridized carbons (Fsp3) is 0. The van der Waals surface area contributed by atoms with Gasteiger partial charge in [0.2, 0.25) is 0 Å². The van der Waals surface area contributed by atoms with E-state index in [-0.39, 0.29) is 0 Å². The molecule has 0 unspecified atom stereocenters. The number of aromatic nitrogens is 4. The van der Waals surface area contributed by atoms with Crippen molar-refractivity contribution in [3.8, 4) is 51.0 Å². The molecule has 66 heavy (non-hydrogen) atoms. The van der Waals surface area contributed by atoms with E-state index in [0.717, 1.165) is 77.0 Å². The van der Waals surface area contributed by atoms with Crippen molar-refractivity contribution < 1.29 is 4.42 Å². The van der Waals surface area contributed by atoms with E-state index < -0.39 is 0 Å². The van der Waals surface area contributed by atoms with Gasteiger partial charge in [0.15, 0.2) is 17.5 Å². The summed E-state index contributed by atoms with van der Waals surface area (Å²) in [6.45, 7) is 0. The Bertz CT molecular complexity index is 4280. The maximum atomic E-state index is 6.93. The van der Waals surface area contributed by atoms with Gasteiger partial charge in [0.05, 0.1) is 16.6 Å². The van der Waals surface area contributed by atoms with Gasteiger partial charge < -0.3 is 8.98 Å². The Morgan fingerprint density at radius 2 is 0.924 bits per heavy atom. The Balaban J connectivity index is 0.979.